The fraction of sp³-hybridized carbons (Fsp3) is 0.464. The first-order valence-electron chi connectivity index (χ1n) is 13.1. The summed E-state index contributed by atoms with van der Waals surface area (Å²) in [5.41, 5.74) is 2.52. The molecule has 4 heterocycles. The number of aromatic nitrogens is 3. The number of esters is 1. The van der Waals surface area contributed by atoms with Crippen LogP contribution in [0.5, 0.6) is 0 Å². The van der Waals surface area contributed by atoms with Crippen molar-refractivity contribution >= 4 is 35.5 Å². The zero-order valence-corrected chi connectivity index (χ0v) is 23.3. The molecule has 206 valence electrons. The number of hydrazone groups is 1. The van der Waals surface area contributed by atoms with E-state index in [9.17, 15) is 9.59 Å². The lowest BCUT2D eigenvalue weighted by molar-refractivity contribution is -0.162. The second-order valence-corrected chi connectivity index (χ2v) is 11.5. The van der Waals surface area contributed by atoms with E-state index in [1.807, 2.05) is 69.4 Å². The third-order valence-electron chi connectivity index (χ3n) is 6.90. The molecule has 2 aromatic heterocycles. The quantitative estimate of drug-likeness (QED) is 0.336. The van der Waals surface area contributed by atoms with Gasteiger partial charge in [0.15, 0.2) is 5.65 Å². The van der Waals surface area contributed by atoms with Gasteiger partial charge >= 0.3 is 12.1 Å². The maximum atomic E-state index is 13.3. The van der Waals surface area contributed by atoms with Gasteiger partial charge in [0, 0.05) is 43.8 Å². The minimum Gasteiger partial charge on any atom is -0.458 e. The van der Waals surface area contributed by atoms with E-state index >= 15 is 0 Å². The van der Waals surface area contributed by atoms with Gasteiger partial charge in [-0.2, -0.15) is 10.2 Å². The van der Waals surface area contributed by atoms with Gasteiger partial charge in [-0.1, -0.05) is 41.9 Å². The van der Waals surface area contributed by atoms with Crippen LogP contribution in [0, 0.1) is 0 Å². The number of hydrogen-bond acceptors (Lipinski definition) is 8. The summed E-state index contributed by atoms with van der Waals surface area (Å²) < 4.78 is 12.9. The maximum Gasteiger partial charge on any atom is 0.410 e. The normalized spacial score (nSPS) is 21.4. The summed E-state index contributed by atoms with van der Waals surface area (Å²) in [6.07, 6.45) is 4.14. The van der Waals surface area contributed by atoms with Gasteiger partial charge in [-0.15, -0.1) is 0 Å². The molecule has 1 aromatic carbocycles. The van der Waals surface area contributed by atoms with Crippen molar-refractivity contribution in [2.24, 2.45) is 5.10 Å². The number of fused-ring (bicyclic) bond motifs is 1. The van der Waals surface area contributed by atoms with Gasteiger partial charge < -0.3 is 9.47 Å². The van der Waals surface area contributed by atoms with Crippen molar-refractivity contribution in [1.29, 1.82) is 0 Å². The lowest BCUT2D eigenvalue weighted by Crippen LogP contribution is -2.52. The number of piperidine rings is 1. The summed E-state index contributed by atoms with van der Waals surface area (Å²) in [4.78, 5) is 32.9. The Morgan fingerprint density at radius 3 is 2.59 bits per heavy atom. The van der Waals surface area contributed by atoms with Gasteiger partial charge in [0.25, 0.3) is 0 Å². The number of carbonyl (C=O) groups excluding carboxylic acids is 2. The molecule has 3 aromatic rings. The zero-order valence-electron chi connectivity index (χ0n) is 22.6. The molecule has 2 aliphatic heterocycles. The van der Waals surface area contributed by atoms with Gasteiger partial charge in [-0.3, -0.25) is 9.91 Å². The Morgan fingerprint density at radius 2 is 1.90 bits per heavy atom. The summed E-state index contributed by atoms with van der Waals surface area (Å²) in [5.74, 6) is -0.543. The largest absolute Gasteiger partial charge is 0.458 e. The molecule has 3 atom stereocenters. The molecule has 11 heteroatoms. The van der Waals surface area contributed by atoms with Crippen LogP contribution >= 0.6 is 11.6 Å². The van der Waals surface area contributed by atoms with E-state index in [4.69, 9.17) is 26.1 Å². The monoisotopic (exact) mass is 552 g/mol. The second kappa shape index (κ2) is 10.8. The van der Waals surface area contributed by atoms with Crippen LogP contribution in [0.25, 0.3) is 5.65 Å². The standard InChI is InChI=1S/C28H33ClN6O4/c1-28(2,3)39-26(36)23-11-10-19(16-34(23)27(37)38-17-18-8-6-5-7-9-18)22-12-24(29)35-25(32-22)21(14-31-35)20-13-30-33(4)15-20/h5-9,12-14,19-20,23H,10-11,15-17H2,1-4H3/t19-,20?,23-/m0/s1. The first-order chi connectivity index (χ1) is 18.6. The van der Waals surface area contributed by atoms with Gasteiger partial charge in [-0.25, -0.2) is 19.1 Å². The molecule has 1 saturated heterocycles. The van der Waals surface area contributed by atoms with E-state index in [1.54, 1.807) is 16.8 Å². The van der Waals surface area contributed by atoms with Gasteiger partial charge in [0.2, 0.25) is 0 Å². The van der Waals surface area contributed by atoms with Crippen molar-refractivity contribution < 1.29 is 19.1 Å². The fourth-order valence-corrected chi connectivity index (χ4v) is 5.25. The van der Waals surface area contributed by atoms with Crippen LogP contribution in [0.4, 0.5) is 4.79 Å². The van der Waals surface area contributed by atoms with E-state index in [-0.39, 0.29) is 25.0 Å². The topological polar surface area (TPSA) is 102 Å². The molecule has 0 radical (unpaired) electrons. The molecule has 10 nitrogen and oxygen atoms in total. The molecule has 1 fully saturated rings. The summed E-state index contributed by atoms with van der Waals surface area (Å²) in [5, 5.41) is 11.1. The predicted octanol–water partition coefficient (Wildman–Crippen LogP) is 4.62. The highest BCUT2D eigenvalue weighted by molar-refractivity contribution is 6.29. The number of likely N-dealkylation sites (N-methyl/N-ethyl adjacent to an activating group) is 1. The van der Waals surface area contributed by atoms with E-state index in [0.717, 1.165) is 23.4 Å². The Labute approximate surface area is 232 Å². The Morgan fingerprint density at radius 1 is 1.13 bits per heavy atom. The second-order valence-electron chi connectivity index (χ2n) is 11.1. The molecular formula is C28H33ClN6O4. The third kappa shape index (κ3) is 6.00. The van der Waals surface area contributed by atoms with E-state index in [2.05, 4.69) is 10.2 Å². The highest BCUT2D eigenvalue weighted by Crippen LogP contribution is 2.34. The molecular weight excluding hydrogens is 520 g/mol. The Hall–Kier alpha value is -3.66. The Balaban J connectivity index is 1.41. The van der Waals surface area contributed by atoms with Crippen molar-refractivity contribution in [3.05, 3.63) is 64.6 Å². The molecule has 39 heavy (non-hydrogen) atoms. The van der Waals surface area contributed by atoms with Crippen LogP contribution in [0.2, 0.25) is 5.15 Å². The lowest BCUT2D eigenvalue weighted by Gasteiger charge is -2.38. The van der Waals surface area contributed by atoms with Crippen LogP contribution in [-0.2, 0) is 20.9 Å². The molecule has 0 saturated carbocycles. The average molecular weight is 553 g/mol. The van der Waals surface area contributed by atoms with Crippen LogP contribution in [0.15, 0.2) is 47.7 Å². The number of ether oxygens (including phenoxy) is 2. The zero-order chi connectivity index (χ0) is 27.7. The fourth-order valence-electron chi connectivity index (χ4n) is 5.01. The number of likely N-dealkylation sites (tertiary alicyclic amines) is 1. The average Bonchev–Trinajstić information content (AvgIpc) is 3.52. The molecule has 1 unspecified atom stereocenters. The minimum absolute atomic E-state index is 0.0543. The SMILES string of the molecule is CN1CC(c2cnn3c(Cl)cc([C@H]4CC[C@@H](C(=O)OC(C)(C)C)N(C(=O)OCc5ccccc5)C4)nc23)C=N1. The predicted molar refractivity (Wildman–Crippen MR) is 147 cm³/mol. The summed E-state index contributed by atoms with van der Waals surface area (Å²) >= 11 is 6.64. The molecule has 2 aliphatic rings. The van der Waals surface area contributed by atoms with Crippen molar-refractivity contribution in [2.45, 2.75) is 63.7 Å². The molecule has 0 bridgehead atoms. The van der Waals surface area contributed by atoms with E-state index < -0.39 is 23.7 Å². The van der Waals surface area contributed by atoms with E-state index in [1.165, 1.54) is 4.90 Å². The number of benzene rings is 1. The number of hydrogen-bond donors (Lipinski definition) is 0. The Bertz CT molecular complexity index is 1390. The maximum absolute atomic E-state index is 13.3. The number of rotatable bonds is 5. The first-order valence-corrected chi connectivity index (χ1v) is 13.5. The number of nitrogens with zero attached hydrogens (tertiary/aromatic N) is 6. The van der Waals surface area contributed by atoms with Crippen LogP contribution in [0.1, 0.15) is 62.3 Å². The molecule has 0 N–H and O–H groups in total. The Kier molecular flexibility index (Phi) is 7.48. The van der Waals surface area contributed by atoms with Gasteiger partial charge in [0.05, 0.1) is 11.9 Å². The summed E-state index contributed by atoms with van der Waals surface area (Å²) in [6.45, 7) is 6.51. The van der Waals surface area contributed by atoms with Crippen LogP contribution in [0.3, 0.4) is 0 Å². The third-order valence-corrected chi connectivity index (χ3v) is 7.17. The van der Waals surface area contributed by atoms with Crippen molar-refractivity contribution in [2.75, 3.05) is 20.1 Å². The molecule has 0 aliphatic carbocycles. The smallest absolute Gasteiger partial charge is 0.410 e. The lowest BCUT2D eigenvalue weighted by atomic mass is 9.90. The number of halogens is 1. The van der Waals surface area contributed by atoms with Crippen LogP contribution in [-0.4, -0.2) is 74.6 Å². The van der Waals surface area contributed by atoms with Gasteiger partial charge in [-0.05, 0) is 45.2 Å². The molecule has 1 amide bonds. The molecule has 5 rings (SSSR count). The van der Waals surface area contributed by atoms with Crippen molar-refractivity contribution in [1.82, 2.24) is 24.5 Å². The number of amides is 1. The highest BCUT2D eigenvalue weighted by Gasteiger charge is 2.40. The van der Waals surface area contributed by atoms with Crippen molar-refractivity contribution in [3.8, 4) is 0 Å². The van der Waals surface area contributed by atoms with Crippen LogP contribution < -0.4 is 0 Å². The molecule has 0 spiro atoms. The summed E-state index contributed by atoms with van der Waals surface area (Å²) in [6, 6.07) is 10.5. The number of carbonyl (C=O) groups is 2. The van der Waals surface area contributed by atoms with Gasteiger partial charge in [0.1, 0.15) is 23.4 Å². The minimum atomic E-state index is -0.751. The summed E-state index contributed by atoms with van der Waals surface area (Å²) in [7, 11) is 1.92. The van der Waals surface area contributed by atoms with Crippen molar-refractivity contribution in [3.63, 3.8) is 0 Å². The first kappa shape index (κ1) is 26.9. The highest BCUT2D eigenvalue weighted by atomic mass is 35.5. The van der Waals surface area contributed by atoms with E-state index in [0.29, 0.717) is 23.6 Å².